The minimum atomic E-state index is 0.136. The molecular formula is C16H25N3O. The van der Waals surface area contributed by atoms with Crippen molar-refractivity contribution in [3.05, 3.63) is 29.3 Å². The summed E-state index contributed by atoms with van der Waals surface area (Å²) in [5.74, 6) is 0.136. The van der Waals surface area contributed by atoms with E-state index >= 15 is 0 Å². The molecule has 0 bridgehead atoms. The summed E-state index contributed by atoms with van der Waals surface area (Å²) in [6.45, 7) is 6.93. The Bertz CT molecular complexity index is 473. The SMILES string of the molecule is CCCOC1CCCN(c2cc(C)ccc2C(=N)N)C1. The monoisotopic (exact) mass is 275 g/mol. The fraction of sp³-hybridized carbons (Fsp3) is 0.562. The van der Waals surface area contributed by atoms with Gasteiger partial charge in [0.05, 0.1) is 6.10 Å². The van der Waals surface area contributed by atoms with E-state index in [9.17, 15) is 0 Å². The summed E-state index contributed by atoms with van der Waals surface area (Å²) in [6.07, 6.45) is 3.60. The Morgan fingerprint density at radius 3 is 3.00 bits per heavy atom. The number of amidine groups is 1. The lowest BCUT2D eigenvalue weighted by molar-refractivity contribution is 0.0440. The normalized spacial score (nSPS) is 19.1. The van der Waals surface area contributed by atoms with Crippen molar-refractivity contribution in [3.8, 4) is 0 Å². The first-order valence-electron chi connectivity index (χ1n) is 7.43. The van der Waals surface area contributed by atoms with Crippen LogP contribution in [0.25, 0.3) is 0 Å². The molecule has 110 valence electrons. The van der Waals surface area contributed by atoms with Gasteiger partial charge in [0.25, 0.3) is 0 Å². The van der Waals surface area contributed by atoms with Crippen LogP contribution in [-0.2, 0) is 4.74 Å². The Morgan fingerprint density at radius 2 is 2.30 bits per heavy atom. The Hall–Kier alpha value is -1.55. The van der Waals surface area contributed by atoms with Crippen molar-refractivity contribution in [3.63, 3.8) is 0 Å². The van der Waals surface area contributed by atoms with Gasteiger partial charge in [0.1, 0.15) is 5.84 Å². The Morgan fingerprint density at radius 1 is 1.50 bits per heavy atom. The van der Waals surface area contributed by atoms with Crippen molar-refractivity contribution in [2.45, 2.75) is 39.2 Å². The van der Waals surface area contributed by atoms with E-state index in [4.69, 9.17) is 15.9 Å². The lowest BCUT2D eigenvalue weighted by Gasteiger charge is -2.35. The first-order valence-corrected chi connectivity index (χ1v) is 7.43. The number of anilines is 1. The molecule has 20 heavy (non-hydrogen) atoms. The van der Waals surface area contributed by atoms with Crippen molar-refractivity contribution in [1.82, 2.24) is 0 Å². The zero-order valence-corrected chi connectivity index (χ0v) is 12.5. The van der Waals surface area contributed by atoms with Crippen molar-refractivity contribution < 1.29 is 4.74 Å². The van der Waals surface area contributed by atoms with Gasteiger partial charge in [0, 0.05) is 30.9 Å². The van der Waals surface area contributed by atoms with Gasteiger partial charge in [-0.15, -0.1) is 0 Å². The first-order chi connectivity index (χ1) is 9.61. The third-order valence-electron chi connectivity index (χ3n) is 3.72. The third kappa shape index (κ3) is 3.51. The molecule has 1 aromatic rings. The molecule has 0 aliphatic carbocycles. The van der Waals surface area contributed by atoms with Crippen LogP contribution in [0.3, 0.4) is 0 Å². The number of benzene rings is 1. The zero-order chi connectivity index (χ0) is 14.5. The largest absolute Gasteiger partial charge is 0.384 e. The van der Waals surface area contributed by atoms with E-state index in [1.54, 1.807) is 0 Å². The smallest absolute Gasteiger partial charge is 0.124 e. The van der Waals surface area contributed by atoms with Crippen LogP contribution in [0.4, 0.5) is 5.69 Å². The molecule has 1 aliphatic rings. The molecule has 3 N–H and O–H groups in total. The van der Waals surface area contributed by atoms with Crippen molar-refractivity contribution in [2.75, 3.05) is 24.6 Å². The predicted molar refractivity (Wildman–Crippen MR) is 83.7 cm³/mol. The summed E-state index contributed by atoms with van der Waals surface area (Å²) in [5, 5.41) is 7.75. The van der Waals surface area contributed by atoms with Gasteiger partial charge in [0.15, 0.2) is 0 Å². The molecular weight excluding hydrogens is 250 g/mol. The second kappa shape index (κ2) is 6.75. The van der Waals surface area contributed by atoms with Gasteiger partial charge in [0.2, 0.25) is 0 Å². The average molecular weight is 275 g/mol. The number of nitrogens with one attached hydrogen (secondary N) is 1. The molecule has 0 radical (unpaired) electrons. The standard InChI is InChI=1S/C16H25N3O/c1-3-9-20-13-5-4-8-19(11-13)15-10-12(2)6-7-14(15)16(17)18/h6-7,10,13H,3-5,8-9,11H2,1-2H3,(H3,17,18). The second-order valence-electron chi connectivity index (χ2n) is 5.52. The van der Waals surface area contributed by atoms with Gasteiger partial charge in [-0.3, -0.25) is 5.41 Å². The fourth-order valence-electron chi connectivity index (χ4n) is 2.71. The molecule has 0 spiro atoms. The second-order valence-corrected chi connectivity index (χ2v) is 5.52. The molecule has 0 saturated carbocycles. The van der Waals surface area contributed by atoms with Crippen LogP contribution in [0.15, 0.2) is 18.2 Å². The molecule has 4 nitrogen and oxygen atoms in total. The molecule has 1 heterocycles. The highest BCUT2D eigenvalue weighted by Gasteiger charge is 2.22. The van der Waals surface area contributed by atoms with Gasteiger partial charge in [-0.05, 0) is 43.9 Å². The molecule has 2 rings (SSSR count). The summed E-state index contributed by atoms with van der Waals surface area (Å²) >= 11 is 0. The van der Waals surface area contributed by atoms with E-state index in [1.807, 2.05) is 12.1 Å². The van der Waals surface area contributed by atoms with Gasteiger partial charge in [-0.1, -0.05) is 13.0 Å². The molecule has 1 fully saturated rings. The average Bonchev–Trinajstić information content (AvgIpc) is 2.45. The van der Waals surface area contributed by atoms with Crippen molar-refractivity contribution in [2.24, 2.45) is 5.73 Å². The highest BCUT2D eigenvalue weighted by atomic mass is 16.5. The molecule has 1 atom stereocenters. The van der Waals surface area contributed by atoms with E-state index in [-0.39, 0.29) is 5.84 Å². The van der Waals surface area contributed by atoms with Crippen LogP contribution in [-0.4, -0.2) is 31.6 Å². The summed E-state index contributed by atoms with van der Waals surface area (Å²) in [4.78, 5) is 2.31. The van der Waals surface area contributed by atoms with Crippen LogP contribution in [0.2, 0.25) is 0 Å². The minimum absolute atomic E-state index is 0.136. The number of aryl methyl sites for hydroxylation is 1. The molecule has 1 aromatic carbocycles. The number of ether oxygens (including phenoxy) is 1. The number of rotatable bonds is 5. The van der Waals surface area contributed by atoms with Crippen molar-refractivity contribution in [1.29, 1.82) is 5.41 Å². The summed E-state index contributed by atoms with van der Waals surface area (Å²) in [5.41, 5.74) is 8.80. The quantitative estimate of drug-likeness (QED) is 0.641. The van der Waals surface area contributed by atoms with Gasteiger partial charge in [-0.2, -0.15) is 0 Å². The molecule has 1 saturated heterocycles. The van der Waals surface area contributed by atoms with E-state index in [0.717, 1.165) is 50.2 Å². The first kappa shape index (κ1) is 14.9. The molecule has 1 aliphatic heterocycles. The highest BCUT2D eigenvalue weighted by Crippen LogP contribution is 2.26. The van der Waals surface area contributed by atoms with Crippen LogP contribution >= 0.6 is 0 Å². The number of nitrogens with two attached hydrogens (primary N) is 1. The van der Waals surface area contributed by atoms with Gasteiger partial charge in [-0.25, -0.2) is 0 Å². The van der Waals surface area contributed by atoms with E-state index < -0.39 is 0 Å². The van der Waals surface area contributed by atoms with E-state index in [2.05, 4.69) is 24.8 Å². The summed E-state index contributed by atoms with van der Waals surface area (Å²) in [7, 11) is 0. The highest BCUT2D eigenvalue weighted by molar-refractivity contribution is 6.00. The number of nitrogen functional groups attached to an aromatic ring is 1. The number of piperidine rings is 1. The summed E-state index contributed by atoms with van der Waals surface area (Å²) in [6, 6.07) is 6.08. The predicted octanol–water partition coefficient (Wildman–Crippen LogP) is 2.67. The van der Waals surface area contributed by atoms with Crippen LogP contribution in [0, 0.1) is 12.3 Å². The number of hydrogen-bond acceptors (Lipinski definition) is 3. The lowest BCUT2D eigenvalue weighted by Crippen LogP contribution is -2.40. The van der Waals surface area contributed by atoms with Crippen LogP contribution < -0.4 is 10.6 Å². The molecule has 1 unspecified atom stereocenters. The van der Waals surface area contributed by atoms with Crippen molar-refractivity contribution >= 4 is 11.5 Å². The Balaban J connectivity index is 2.17. The van der Waals surface area contributed by atoms with Gasteiger partial charge >= 0.3 is 0 Å². The fourth-order valence-corrected chi connectivity index (χ4v) is 2.71. The maximum atomic E-state index is 7.75. The maximum Gasteiger partial charge on any atom is 0.124 e. The Kier molecular flexibility index (Phi) is 5.01. The summed E-state index contributed by atoms with van der Waals surface area (Å²) < 4.78 is 5.89. The molecule has 4 heteroatoms. The van der Waals surface area contributed by atoms with Crippen LogP contribution in [0.5, 0.6) is 0 Å². The zero-order valence-electron chi connectivity index (χ0n) is 12.5. The minimum Gasteiger partial charge on any atom is -0.384 e. The molecule has 0 aromatic heterocycles. The topological polar surface area (TPSA) is 62.3 Å². The molecule has 0 amide bonds. The lowest BCUT2D eigenvalue weighted by atomic mass is 10.0. The van der Waals surface area contributed by atoms with Gasteiger partial charge < -0.3 is 15.4 Å². The number of hydrogen-bond donors (Lipinski definition) is 2. The third-order valence-corrected chi connectivity index (χ3v) is 3.72. The van der Waals surface area contributed by atoms with E-state index in [0.29, 0.717) is 6.10 Å². The van der Waals surface area contributed by atoms with Crippen LogP contribution in [0.1, 0.15) is 37.3 Å². The maximum absolute atomic E-state index is 7.75. The van der Waals surface area contributed by atoms with E-state index in [1.165, 1.54) is 5.56 Å². The number of nitrogens with zero attached hydrogens (tertiary/aromatic N) is 1. The Labute approximate surface area is 121 Å².